The maximum atomic E-state index is 5.85. The quantitative estimate of drug-likeness (QED) is 0.769. The molecule has 0 fully saturated rings. The van der Waals surface area contributed by atoms with Gasteiger partial charge in [-0.15, -0.1) is 0 Å². The third-order valence-electron chi connectivity index (χ3n) is 2.94. The first-order valence-electron chi connectivity index (χ1n) is 7.32. The van der Waals surface area contributed by atoms with Gasteiger partial charge in [0, 0.05) is 24.2 Å². The summed E-state index contributed by atoms with van der Waals surface area (Å²) >= 11 is 0. The highest BCUT2D eigenvalue weighted by Crippen LogP contribution is 2.26. The van der Waals surface area contributed by atoms with Gasteiger partial charge in [-0.3, -0.25) is 0 Å². The van der Waals surface area contributed by atoms with Crippen molar-refractivity contribution in [2.24, 2.45) is 0 Å². The number of benzene rings is 1. The van der Waals surface area contributed by atoms with Gasteiger partial charge in [0.15, 0.2) is 5.76 Å². The number of ether oxygens (including phenoxy) is 2. The molecule has 0 unspecified atom stereocenters. The van der Waals surface area contributed by atoms with Crippen molar-refractivity contribution in [2.75, 3.05) is 13.2 Å². The molecule has 0 aliphatic rings. The van der Waals surface area contributed by atoms with Gasteiger partial charge < -0.3 is 19.3 Å². The molecule has 21 heavy (non-hydrogen) atoms. The molecule has 0 atom stereocenters. The van der Waals surface area contributed by atoms with Crippen LogP contribution in [0.1, 0.15) is 31.6 Å². The standard InChI is InChI=1S/C16H22N2O3/c1-3-9-19-14-6-5-13(11-17-4-2)16(10-14)20-12-15-7-8-18-21-15/h5-8,10,17H,3-4,9,11-12H2,1-2H3. The van der Waals surface area contributed by atoms with Crippen LogP contribution in [0, 0.1) is 0 Å². The Kier molecular flexibility index (Phi) is 6.09. The van der Waals surface area contributed by atoms with Gasteiger partial charge in [0.25, 0.3) is 0 Å². The molecule has 0 saturated heterocycles. The maximum absolute atomic E-state index is 5.85. The van der Waals surface area contributed by atoms with Gasteiger partial charge >= 0.3 is 0 Å². The Morgan fingerprint density at radius 3 is 2.81 bits per heavy atom. The average Bonchev–Trinajstić information content (AvgIpc) is 3.03. The van der Waals surface area contributed by atoms with E-state index in [2.05, 4.69) is 24.3 Å². The highest BCUT2D eigenvalue weighted by atomic mass is 16.5. The molecule has 5 nitrogen and oxygen atoms in total. The molecule has 0 aliphatic heterocycles. The third-order valence-corrected chi connectivity index (χ3v) is 2.94. The smallest absolute Gasteiger partial charge is 0.174 e. The van der Waals surface area contributed by atoms with Crippen LogP contribution in [0.5, 0.6) is 11.5 Å². The highest BCUT2D eigenvalue weighted by molar-refractivity contribution is 5.40. The van der Waals surface area contributed by atoms with Crippen LogP contribution >= 0.6 is 0 Å². The summed E-state index contributed by atoms with van der Waals surface area (Å²) in [5.41, 5.74) is 1.10. The van der Waals surface area contributed by atoms with E-state index in [1.165, 1.54) is 0 Å². The van der Waals surface area contributed by atoms with Crippen LogP contribution in [0.2, 0.25) is 0 Å². The van der Waals surface area contributed by atoms with Gasteiger partial charge in [0.05, 0.1) is 12.8 Å². The molecular formula is C16H22N2O3. The second-order valence-corrected chi connectivity index (χ2v) is 4.67. The number of hydrogen-bond donors (Lipinski definition) is 1. The van der Waals surface area contributed by atoms with E-state index in [4.69, 9.17) is 14.0 Å². The van der Waals surface area contributed by atoms with E-state index < -0.39 is 0 Å². The van der Waals surface area contributed by atoms with Crippen LogP contribution in [0.25, 0.3) is 0 Å². The molecule has 0 aliphatic carbocycles. The van der Waals surface area contributed by atoms with E-state index in [0.717, 1.165) is 36.6 Å². The lowest BCUT2D eigenvalue weighted by atomic mass is 10.2. The zero-order valence-corrected chi connectivity index (χ0v) is 12.6. The third kappa shape index (κ3) is 4.79. The zero-order chi connectivity index (χ0) is 14.9. The summed E-state index contributed by atoms with van der Waals surface area (Å²) in [6, 6.07) is 7.73. The van der Waals surface area contributed by atoms with E-state index in [1.54, 1.807) is 12.3 Å². The van der Waals surface area contributed by atoms with Gasteiger partial charge in [-0.1, -0.05) is 25.1 Å². The number of nitrogens with zero attached hydrogens (tertiary/aromatic N) is 1. The van der Waals surface area contributed by atoms with Gasteiger partial charge in [-0.2, -0.15) is 0 Å². The molecule has 1 aromatic carbocycles. The Labute approximate surface area is 125 Å². The lowest BCUT2D eigenvalue weighted by molar-refractivity contribution is 0.245. The predicted molar refractivity (Wildman–Crippen MR) is 80.4 cm³/mol. The average molecular weight is 290 g/mol. The monoisotopic (exact) mass is 290 g/mol. The fourth-order valence-corrected chi connectivity index (χ4v) is 1.85. The lowest BCUT2D eigenvalue weighted by Crippen LogP contribution is -2.13. The van der Waals surface area contributed by atoms with Crippen molar-refractivity contribution in [3.05, 3.63) is 41.8 Å². The molecule has 0 radical (unpaired) electrons. The van der Waals surface area contributed by atoms with Gasteiger partial charge in [0.1, 0.15) is 18.1 Å². The summed E-state index contributed by atoms with van der Waals surface area (Å²) in [6.07, 6.45) is 2.59. The van der Waals surface area contributed by atoms with Gasteiger partial charge in [-0.05, 0) is 19.0 Å². The zero-order valence-electron chi connectivity index (χ0n) is 12.6. The lowest BCUT2D eigenvalue weighted by Gasteiger charge is -2.13. The molecule has 0 spiro atoms. The van der Waals surface area contributed by atoms with E-state index in [-0.39, 0.29) is 0 Å². The fraction of sp³-hybridized carbons (Fsp3) is 0.438. The summed E-state index contributed by atoms with van der Waals surface area (Å²) in [6.45, 7) is 6.89. The molecule has 1 aromatic heterocycles. The van der Waals surface area contributed by atoms with Crippen molar-refractivity contribution in [1.29, 1.82) is 0 Å². The Morgan fingerprint density at radius 2 is 2.10 bits per heavy atom. The van der Waals surface area contributed by atoms with Crippen molar-refractivity contribution in [3.63, 3.8) is 0 Å². The van der Waals surface area contributed by atoms with Crippen LogP contribution in [-0.4, -0.2) is 18.3 Å². The number of nitrogens with one attached hydrogen (secondary N) is 1. The Balaban J connectivity index is 2.08. The summed E-state index contributed by atoms with van der Waals surface area (Å²) in [4.78, 5) is 0. The van der Waals surface area contributed by atoms with Crippen LogP contribution in [0.15, 0.2) is 35.0 Å². The minimum absolute atomic E-state index is 0.357. The van der Waals surface area contributed by atoms with E-state index in [9.17, 15) is 0 Å². The molecule has 0 amide bonds. The van der Waals surface area contributed by atoms with Crippen LogP contribution in [0.4, 0.5) is 0 Å². The maximum Gasteiger partial charge on any atom is 0.174 e. The van der Waals surface area contributed by atoms with Crippen molar-refractivity contribution in [2.45, 2.75) is 33.4 Å². The molecular weight excluding hydrogens is 268 g/mol. The van der Waals surface area contributed by atoms with Crippen molar-refractivity contribution < 1.29 is 14.0 Å². The molecule has 1 heterocycles. The fourth-order valence-electron chi connectivity index (χ4n) is 1.85. The molecule has 2 aromatic rings. The predicted octanol–water partition coefficient (Wildman–Crippen LogP) is 3.15. The minimum atomic E-state index is 0.357. The van der Waals surface area contributed by atoms with E-state index >= 15 is 0 Å². The normalized spacial score (nSPS) is 10.6. The van der Waals surface area contributed by atoms with E-state index in [0.29, 0.717) is 19.0 Å². The first kappa shape index (κ1) is 15.4. The van der Waals surface area contributed by atoms with Crippen molar-refractivity contribution in [3.8, 4) is 11.5 Å². The Morgan fingerprint density at radius 1 is 1.19 bits per heavy atom. The van der Waals surface area contributed by atoms with Gasteiger partial charge in [0.2, 0.25) is 0 Å². The second-order valence-electron chi connectivity index (χ2n) is 4.67. The minimum Gasteiger partial charge on any atom is -0.493 e. The molecule has 2 rings (SSSR count). The molecule has 1 N–H and O–H groups in total. The topological polar surface area (TPSA) is 56.5 Å². The highest BCUT2D eigenvalue weighted by Gasteiger charge is 2.08. The summed E-state index contributed by atoms with van der Waals surface area (Å²) in [7, 11) is 0. The molecule has 114 valence electrons. The van der Waals surface area contributed by atoms with Crippen molar-refractivity contribution >= 4 is 0 Å². The van der Waals surface area contributed by atoms with Crippen LogP contribution in [0.3, 0.4) is 0 Å². The van der Waals surface area contributed by atoms with Gasteiger partial charge in [-0.25, -0.2) is 0 Å². The Bertz CT molecular complexity index is 526. The second kappa shape index (κ2) is 8.32. The van der Waals surface area contributed by atoms with E-state index in [1.807, 2.05) is 18.2 Å². The molecule has 5 heteroatoms. The molecule has 0 saturated carbocycles. The SMILES string of the molecule is CCCOc1ccc(CNCC)c(OCc2ccno2)c1. The summed E-state index contributed by atoms with van der Waals surface area (Å²) in [5.74, 6) is 2.33. The number of hydrogen-bond acceptors (Lipinski definition) is 5. The number of rotatable bonds is 9. The summed E-state index contributed by atoms with van der Waals surface area (Å²) in [5, 5.41) is 6.98. The molecule has 0 bridgehead atoms. The summed E-state index contributed by atoms with van der Waals surface area (Å²) < 4.78 is 16.6. The Hall–Kier alpha value is -2.01. The van der Waals surface area contributed by atoms with Crippen LogP contribution < -0.4 is 14.8 Å². The number of aromatic nitrogens is 1. The van der Waals surface area contributed by atoms with Crippen molar-refractivity contribution in [1.82, 2.24) is 10.5 Å². The largest absolute Gasteiger partial charge is 0.493 e. The first-order valence-corrected chi connectivity index (χ1v) is 7.32. The first-order chi connectivity index (χ1) is 10.3. The van der Waals surface area contributed by atoms with Crippen LogP contribution in [-0.2, 0) is 13.2 Å².